The molecule has 4 aromatic rings. The Balaban J connectivity index is 1.70. The van der Waals surface area contributed by atoms with Gasteiger partial charge in [-0.2, -0.15) is 0 Å². The van der Waals surface area contributed by atoms with E-state index >= 15 is 0 Å². The number of nitrogens with zero attached hydrogens (tertiary/aromatic N) is 1. The van der Waals surface area contributed by atoms with Crippen LogP contribution in [0.5, 0.6) is 0 Å². The van der Waals surface area contributed by atoms with Crippen LogP contribution in [0.3, 0.4) is 0 Å². The van der Waals surface area contributed by atoms with E-state index in [2.05, 4.69) is 4.72 Å². The molecular formula is C20H14Cl2N2O3S2. The van der Waals surface area contributed by atoms with E-state index in [1.807, 2.05) is 18.2 Å². The van der Waals surface area contributed by atoms with Crippen LogP contribution in [0.4, 0.5) is 5.69 Å². The molecule has 5 nitrogen and oxygen atoms in total. The van der Waals surface area contributed by atoms with Gasteiger partial charge in [-0.15, -0.1) is 0 Å². The largest absolute Gasteiger partial charge is 0.308 e. The van der Waals surface area contributed by atoms with Crippen LogP contribution in [0, 0.1) is 0 Å². The third-order valence-corrected chi connectivity index (χ3v) is 7.24. The zero-order valence-electron chi connectivity index (χ0n) is 14.8. The number of sulfonamides is 1. The Labute approximate surface area is 181 Å². The second-order valence-corrected chi connectivity index (χ2v) is 9.81. The van der Waals surface area contributed by atoms with E-state index in [4.69, 9.17) is 23.2 Å². The Morgan fingerprint density at radius 2 is 1.76 bits per heavy atom. The average molecular weight is 465 g/mol. The van der Waals surface area contributed by atoms with Gasteiger partial charge in [-0.25, -0.2) is 8.42 Å². The van der Waals surface area contributed by atoms with Crippen molar-refractivity contribution in [3.05, 3.63) is 92.0 Å². The topological polar surface area (TPSA) is 68.2 Å². The lowest BCUT2D eigenvalue weighted by molar-refractivity contribution is 0.601. The SMILES string of the molecule is O=c1sc2cc(S(=O)(=O)Nc3cccc(Cl)c3)ccc2n1Cc1ccccc1Cl. The Kier molecular flexibility index (Phi) is 5.40. The average Bonchev–Trinajstić information content (AvgIpc) is 2.98. The maximum Gasteiger partial charge on any atom is 0.308 e. The molecule has 0 aliphatic heterocycles. The summed E-state index contributed by atoms with van der Waals surface area (Å²) in [4.78, 5) is 12.4. The molecule has 9 heteroatoms. The molecule has 0 atom stereocenters. The summed E-state index contributed by atoms with van der Waals surface area (Å²) in [6.45, 7) is 0.311. The summed E-state index contributed by atoms with van der Waals surface area (Å²) in [5, 5.41) is 0.999. The van der Waals surface area contributed by atoms with Gasteiger partial charge < -0.3 is 0 Å². The molecule has 29 heavy (non-hydrogen) atoms. The summed E-state index contributed by atoms with van der Waals surface area (Å²) < 4.78 is 30.1. The quantitative estimate of drug-likeness (QED) is 0.440. The van der Waals surface area contributed by atoms with Crippen molar-refractivity contribution in [3.8, 4) is 0 Å². The van der Waals surface area contributed by atoms with Crippen LogP contribution < -0.4 is 9.60 Å². The molecule has 0 bridgehead atoms. The van der Waals surface area contributed by atoms with E-state index in [1.54, 1.807) is 34.9 Å². The van der Waals surface area contributed by atoms with Gasteiger partial charge >= 0.3 is 4.87 Å². The number of aromatic nitrogens is 1. The molecule has 0 unspecified atom stereocenters. The standard InChI is InChI=1S/C20H14Cl2N2O3S2/c21-14-5-3-6-15(10-14)23-29(26,27)16-8-9-18-19(11-16)28-20(25)24(18)12-13-4-1-2-7-17(13)22/h1-11,23H,12H2. The molecule has 0 saturated carbocycles. The van der Waals surface area contributed by atoms with Gasteiger partial charge in [-0.05, 0) is 48.0 Å². The molecule has 0 fully saturated rings. The van der Waals surface area contributed by atoms with Crippen molar-refractivity contribution in [3.63, 3.8) is 0 Å². The zero-order chi connectivity index (χ0) is 20.6. The molecule has 0 radical (unpaired) electrons. The third-order valence-electron chi connectivity index (χ3n) is 4.31. The highest BCUT2D eigenvalue weighted by Gasteiger charge is 2.17. The van der Waals surface area contributed by atoms with Crippen LogP contribution in [-0.2, 0) is 16.6 Å². The monoisotopic (exact) mass is 464 g/mol. The minimum absolute atomic E-state index is 0.0659. The maximum atomic E-state index is 12.7. The van der Waals surface area contributed by atoms with Gasteiger partial charge in [0.2, 0.25) is 0 Å². The molecule has 0 aliphatic rings. The van der Waals surface area contributed by atoms with Crippen LogP contribution in [0.25, 0.3) is 10.2 Å². The van der Waals surface area contributed by atoms with E-state index in [0.29, 0.717) is 32.5 Å². The summed E-state index contributed by atoms with van der Waals surface area (Å²) in [7, 11) is -3.83. The number of rotatable bonds is 5. The molecule has 0 spiro atoms. The fourth-order valence-electron chi connectivity index (χ4n) is 2.93. The predicted octanol–water partition coefficient (Wildman–Crippen LogP) is 5.22. The molecule has 0 saturated heterocycles. The summed E-state index contributed by atoms with van der Waals surface area (Å²) >= 11 is 13.1. The number of halogens is 2. The lowest BCUT2D eigenvalue weighted by atomic mass is 10.2. The van der Waals surface area contributed by atoms with Gasteiger partial charge in [0.1, 0.15) is 0 Å². The van der Waals surface area contributed by atoms with Crippen LogP contribution in [0.1, 0.15) is 5.56 Å². The summed E-state index contributed by atoms with van der Waals surface area (Å²) in [5.74, 6) is 0. The van der Waals surface area contributed by atoms with Gasteiger partial charge in [0, 0.05) is 10.0 Å². The zero-order valence-corrected chi connectivity index (χ0v) is 17.9. The third kappa shape index (κ3) is 4.18. The van der Waals surface area contributed by atoms with Gasteiger partial charge in [0.05, 0.1) is 27.3 Å². The smallest absolute Gasteiger partial charge is 0.294 e. The van der Waals surface area contributed by atoms with Crippen LogP contribution in [0.15, 0.2) is 76.4 Å². The summed E-state index contributed by atoms with van der Waals surface area (Å²) in [5.41, 5.74) is 1.83. The maximum absolute atomic E-state index is 12.7. The van der Waals surface area contributed by atoms with Gasteiger partial charge in [-0.1, -0.05) is 58.8 Å². The predicted molar refractivity (Wildman–Crippen MR) is 119 cm³/mol. The van der Waals surface area contributed by atoms with Crippen molar-refractivity contribution in [1.82, 2.24) is 4.57 Å². The van der Waals surface area contributed by atoms with Crippen LogP contribution in [0.2, 0.25) is 10.0 Å². The van der Waals surface area contributed by atoms with E-state index in [1.165, 1.54) is 18.2 Å². The second-order valence-electron chi connectivity index (χ2n) is 6.29. The van der Waals surface area contributed by atoms with Crippen molar-refractivity contribution in [2.24, 2.45) is 0 Å². The first-order valence-electron chi connectivity index (χ1n) is 8.49. The Bertz CT molecular complexity index is 1380. The number of hydrogen-bond donors (Lipinski definition) is 1. The first kappa shape index (κ1) is 20.0. The number of nitrogens with one attached hydrogen (secondary N) is 1. The molecular weight excluding hydrogens is 451 g/mol. The molecule has 1 N–H and O–H groups in total. The molecule has 0 amide bonds. The highest BCUT2D eigenvalue weighted by molar-refractivity contribution is 7.92. The van der Waals surface area contributed by atoms with E-state index in [0.717, 1.165) is 16.9 Å². The first-order chi connectivity index (χ1) is 13.8. The van der Waals surface area contributed by atoms with Gasteiger partial charge in [-0.3, -0.25) is 14.1 Å². The lowest BCUT2D eigenvalue weighted by Crippen LogP contribution is -2.14. The minimum atomic E-state index is -3.83. The second kappa shape index (κ2) is 7.84. The van der Waals surface area contributed by atoms with Crippen molar-refractivity contribution in [2.75, 3.05) is 4.72 Å². The highest BCUT2D eigenvalue weighted by Crippen LogP contribution is 2.26. The van der Waals surface area contributed by atoms with Crippen molar-refractivity contribution in [1.29, 1.82) is 0 Å². The van der Waals surface area contributed by atoms with Crippen LogP contribution >= 0.6 is 34.5 Å². The van der Waals surface area contributed by atoms with Crippen molar-refractivity contribution in [2.45, 2.75) is 11.4 Å². The Morgan fingerprint density at radius 3 is 2.52 bits per heavy atom. The van der Waals surface area contributed by atoms with Gasteiger partial charge in [0.15, 0.2) is 0 Å². The lowest BCUT2D eigenvalue weighted by Gasteiger charge is -2.09. The fourth-order valence-corrected chi connectivity index (χ4v) is 5.39. The minimum Gasteiger partial charge on any atom is -0.294 e. The van der Waals surface area contributed by atoms with Gasteiger partial charge in [0.25, 0.3) is 10.0 Å². The number of anilines is 1. The molecule has 1 aromatic heterocycles. The Morgan fingerprint density at radius 1 is 0.966 bits per heavy atom. The molecule has 0 aliphatic carbocycles. The molecule has 148 valence electrons. The first-order valence-corrected chi connectivity index (χ1v) is 11.5. The fraction of sp³-hybridized carbons (Fsp3) is 0.0500. The summed E-state index contributed by atoms with van der Waals surface area (Å²) in [6, 6.07) is 18.4. The van der Waals surface area contributed by atoms with E-state index in [-0.39, 0.29) is 9.77 Å². The number of hydrogen-bond acceptors (Lipinski definition) is 4. The van der Waals surface area contributed by atoms with Crippen molar-refractivity contribution < 1.29 is 8.42 Å². The number of fused-ring (bicyclic) bond motifs is 1. The van der Waals surface area contributed by atoms with E-state index in [9.17, 15) is 13.2 Å². The Hall–Kier alpha value is -2.32. The number of thiazole rings is 1. The summed E-state index contributed by atoms with van der Waals surface area (Å²) in [6.07, 6.45) is 0. The highest BCUT2D eigenvalue weighted by atomic mass is 35.5. The van der Waals surface area contributed by atoms with E-state index < -0.39 is 10.0 Å². The molecule has 3 aromatic carbocycles. The molecule has 4 rings (SSSR count). The van der Waals surface area contributed by atoms with Crippen LogP contribution in [-0.4, -0.2) is 13.0 Å². The normalized spacial score (nSPS) is 11.7. The molecule has 1 heterocycles. The number of benzene rings is 3. The van der Waals surface area contributed by atoms with Crippen molar-refractivity contribution >= 4 is 60.5 Å².